The highest BCUT2D eigenvalue weighted by Crippen LogP contribution is 2.27. The van der Waals surface area contributed by atoms with Crippen molar-refractivity contribution >= 4 is 22.7 Å². The Kier molecular flexibility index (Phi) is 3.76. The Morgan fingerprint density at radius 1 is 1.22 bits per heavy atom. The Balaban J connectivity index is 2.20. The molecule has 0 aliphatic carbocycles. The number of carbonyl (C=O) groups is 1. The summed E-state index contributed by atoms with van der Waals surface area (Å²) in [5, 5.41) is 19.9. The number of fused-ring (bicyclic) bond motifs is 1. The molecule has 0 atom stereocenters. The lowest BCUT2D eigenvalue weighted by atomic mass is 10.2. The predicted octanol–water partition coefficient (Wildman–Crippen LogP) is 3.09. The van der Waals surface area contributed by atoms with Crippen LogP contribution in [-0.2, 0) is 11.3 Å². The van der Waals surface area contributed by atoms with Crippen LogP contribution in [0.15, 0.2) is 48.5 Å². The Morgan fingerprint density at radius 3 is 2.61 bits per heavy atom. The predicted molar refractivity (Wildman–Crippen MR) is 84.1 cm³/mol. The molecule has 3 rings (SSSR count). The average molecular weight is 311 g/mol. The van der Waals surface area contributed by atoms with Crippen molar-refractivity contribution in [3.63, 3.8) is 0 Å². The number of carboxylic acids is 1. The molecule has 1 heterocycles. The van der Waals surface area contributed by atoms with Gasteiger partial charge >= 0.3 is 5.97 Å². The van der Waals surface area contributed by atoms with Crippen molar-refractivity contribution in [2.75, 3.05) is 0 Å². The number of imidazole rings is 1. The highest BCUT2D eigenvalue weighted by molar-refractivity contribution is 5.83. The molecule has 0 saturated carbocycles. The van der Waals surface area contributed by atoms with Gasteiger partial charge in [0, 0.05) is 24.2 Å². The SMILES string of the molecule is O=C(O)CCn1c(-c2ccccc2)nc2ccc([N+](=O)[O-])cc21. The number of non-ortho nitro benzene ring substituents is 1. The number of benzene rings is 2. The van der Waals surface area contributed by atoms with Gasteiger partial charge in [-0.25, -0.2) is 4.98 Å². The minimum absolute atomic E-state index is 0.0476. The van der Waals surface area contributed by atoms with Gasteiger partial charge in [-0.15, -0.1) is 0 Å². The second-order valence-electron chi connectivity index (χ2n) is 5.03. The minimum Gasteiger partial charge on any atom is -0.481 e. The average Bonchev–Trinajstić information content (AvgIpc) is 2.91. The summed E-state index contributed by atoms with van der Waals surface area (Å²) in [7, 11) is 0. The zero-order chi connectivity index (χ0) is 16.4. The van der Waals surface area contributed by atoms with Crippen molar-refractivity contribution in [2.24, 2.45) is 0 Å². The molecule has 7 nitrogen and oxygen atoms in total. The summed E-state index contributed by atoms with van der Waals surface area (Å²) in [6.07, 6.45) is -0.0893. The maximum Gasteiger partial charge on any atom is 0.305 e. The summed E-state index contributed by atoms with van der Waals surface area (Å²) >= 11 is 0. The summed E-state index contributed by atoms with van der Waals surface area (Å²) in [6.45, 7) is 0.192. The van der Waals surface area contributed by atoms with Crippen molar-refractivity contribution in [2.45, 2.75) is 13.0 Å². The molecule has 23 heavy (non-hydrogen) atoms. The molecule has 0 spiro atoms. The number of aromatic nitrogens is 2. The summed E-state index contributed by atoms with van der Waals surface area (Å²) in [5.41, 5.74) is 1.93. The molecule has 0 fully saturated rings. The van der Waals surface area contributed by atoms with Gasteiger partial charge in [0.25, 0.3) is 5.69 Å². The number of hydrogen-bond acceptors (Lipinski definition) is 4. The Morgan fingerprint density at radius 2 is 1.96 bits per heavy atom. The third-order valence-corrected chi connectivity index (χ3v) is 3.52. The van der Waals surface area contributed by atoms with Crippen molar-refractivity contribution in [3.05, 3.63) is 58.6 Å². The normalized spacial score (nSPS) is 10.8. The topological polar surface area (TPSA) is 98.3 Å². The van der Waals surface area contributed by atoms with Crippen LogP contribution in [0.2, 0.25) is 0 Å². The number of nitro benzene ring substituents is 1. The fraction of sp³-hybridized carbons (Fsp3) is 0.125. The maximum atomic E-state index is 11.0. The van der Waals surface area contributed by atoms with E-state index in [0.717, 1.165) is 5.56 Å². The lowest BCUT2D eigenvalue weighted by Crippen LogP contribution is -2.06. The van der Waals surface area contributed by atoms with Crippen molar-refractivity contribution in [3.8, 4) is 11.4 Å². The highest BCUT2D eigenvalue weighted by Gasteiger charge is 2.16. The van der Waals surface area contributed by atoms with E-state index in [1.54, 1.807) is 10.6 Å². The van der Waals surface area contributed by atoms with Crippen molar-refractivity contribution < 1.29 is 14.8 Å². The molecule has 0 bridgehead atoms. The summed E-state index contributed by atoms with van der Waals surface area (Å²) in [4.78, 5) is 25.9. The van der Waals surface area contributed by atoms with Gasteiger partial charge in [-0.1, -0.05) is 30.3 Å². The molecule has 0 amide bonds. The van der Waals surface area contributed by atoms with E-state index < -0.39 is 10.9 Å². The molecule has 2 aromatic carbocycles. The van der Waals surface area contributed by atoms with Gasteiger partial charge in [-0.2, -0.15) is 0 Å². The number of aliphatic carboxylic acids is 1. The Hall–Kier alpha value is -3.22. The van der Waals surface area contributed by atoms with E-state index in [1.807, 2.05) is 30.3 Å². The van der Waals surface area contributed by atoms with E-state index in [0.29, 0.717) is 16.9 Å². The van der Waals surface area contributed by atoms with Crippen LogP contribution in [-0.4, -0.2) is 25.6 Å². The van der Waals surface area contributed by atoms with Crippen molar-refractivity contribution in [1.29, 1.82) is 0 Å². The van der Waals surface area contributed by atoms with Gasteiger partial charge in [0.05, 0.1) is 22.4 Å². The summed E-state index contributed by atoms with van der Waals surface area (Å²) in [5.74, 6) is -0.335. The van der Waals surface area contributed by atoms with E-state index in [1.165, 1.54) is 12.1 Å². The molecule has 0 unspecified atom stereocenters. The number of nitro groups is 1. The lowest BCUT2D eigenvalue weighted by molar-refractivity contribution is -0.384. The van der Waals surface area contributed by atoms with Gasteiger partial charge in [-0.3, -0.25) is 14.9 Å². The smallest absolute Gasteiger partial charge is 0.305 e. The molecule has 1 aromatic heterocycles. The van der Waals surface area contributed by atoms with Gasteiger partial charge < -0.3 is 9.67 Å². The van der Waals surface area contributed by atoms with Crippen LogP contribution >= 0.6 is 0 Å². The Bertz CT molecular complexity index is 887. The number of nitrogens with zero attached hydrogens (tertiary/aromatic N) is 3. The van der Waals surface area contributed by atoms with Crippen LogP contribution in [0, 0.1) is 10.1 Å². The Labute approximate surface area is 131 Å². The number of rotatable bonds is 5. The molecular formula is C16H13N3O4. The van der Waals surface area contributed by atoms with Crippen LogP contribution in [0.3, 0.4) is 0 Å². The number of hydrogen-bond donors (Lipinski definition) is 1. The highest BCUT2D eigenvalue weighted by atomic mass is 16.6. The third kappa shape index (κ3) is 2.89. The molecule has 0 aliphatic rings. The minimum atomic E-state index is -0.934. The number of aryl methyl sites for hydroxylation is 1. The molecule has 0 radical (unpaired) electrons. The molecule has 0 aliphatic heterocycles. The van der Waals surface area contributed by atoms with E-state index in [9.17, 15) is 14.9 Å². The monoisotopic (exact) mass is 311 g/mol. The van der Waals surface area contributed by atoms with E-state index in [-0.39, 0.29) is 18.7 Å². The zero-order valence-corrected chi connectivity index (χ0v) is 12.0. The molecule has 0 saturated heterocycles. The lowest BCUT2D eigenvalue weighted by Gasteiger charge is -2.07. The first-order valence-electron chi connectivity index (χ1n) is 6.98. The van der Waals surface area contributed by atoms with Gasteiger partial charge in [0.15, 0.2) is 0 Å². The fourth-order valence-corrected chi connectivity index (χ4v) is 2.47. The van der Waals surface area contributed by atoms with Gasteiger partial charge in [0.1, 0.15) is 5.82 Å². The number of carboxylic acid groups (broad SMARTS) is 1. The molecule has 1 N–H and O–H groups in total. The zero-order valence-electron chi connectivity index (χ0n) is 12.0. The van der Waals surface area contributed by atoms with Gasteiger partial charge in [0.2, 0.25) is 0 Å². The standard InChI is InChI=1S/C16H13N3O4/c20-15(21)8-9-18-14-10-12(19(22)23)6-7-13(14)17-16(18)11-4-2-1-3-5-11/h1-7,10H,8-9H2,(H,20,21). The second-order valence-corrected chi connectivity index (χ2v) is 5.03. The largest absolute Gasteiger partial charge is 0.481 e. The van der Waals surface area contributed by atoms with E-state index in [4.69, 9.17) is 5.11 Å². The van der Waals surface area contributed by atoms with Gasteiger partial charge in [-0.05, 0) is 6.07 Å². The van der Waals surface area contributed by atoms with E-state index >= 15 is 0 Å². The van der Waals surface area contributed by atoms with Crippen molar-refractivity contribution in [1.82, 2.24) is 9.55 Å². The third-order valence-electron chi connectivity index (χ3n) is 3.52. The summed E-state index contributed by atoms with van der Waals surface area (Å²) in [6, 6.07) is 13.7. The second kappa shape index (κ2) is 5.88. The van der Waals surface area contributed by atoms with E-state index in [2.05, 4.69) is 4.98 Å². The van der Waals surface area contributed by atoms with Crippen LogP contribution in [0.1, 0.15) is 6.42 Å². The molecule has 116 valence electrons. The quantitative estimate of drug-likeness (QED) is 0.576. The maximum absolute atomic E-state index is 11.0. The molecule has 3 aromatic rings. The van der Waals surface area contributed by atoms with Crippen LogP contribution in [0.25, 0.3) is 22.4 Å². The first-order valence-corrected chi connectivity index (χ1v) is 6.98. The van der Waals surface area contributed by atoms with Crippen LogP contribution in [0.4, 0.5) is 5.69 Å². The van der Waals surface area contributed by atoms with Crippen LogP contribution in [0.5, 0.6) is 0 Å². The fourth-order valence-electron chi connectivity index (χ4n) is 2.47. The first kappa shape index (κ1) is 14.7. The molecule has 7 heteroatoms. The molecular weight excluding hydrogens is 298 g/mol. The van der Waals surface area contributed by atoms with Crippen LogP contribution < -0.4 is 0 Å². The summed E-state index contributed by atoms with van der Waals surface area (Å²) < 4.78 is 1.71. The first-order chi connectivity index (χ1) is 11.1.